The Morgan fingerprint density at radius 2 is 2.29 bits per heavy atom. The van der Waals surface area contributed by atoms with Crippen LogP contribution in [0.15, 0.2) is 0 Å². The molecule has 0 aromatic carbocycles. The molecule has 0 spiro atoms. The molecule has 2 heteroatoms. The van der Waals surface area contributed by atoms with E-state index in [1.807, 2.05) is 0 Å². The molecular formula is C12H25NO. The van der Waals surface area contributed by atoms with Crippen molar-refractivity contribution in [3.05, 3.63) is 0 Å². The van der Waals surface area contributed by atoms with Crippen molar-refractivity contribution in [1.82, 2.24) is 0 Å². The number of ether oxygens (including phenoxy) is 1. The molecule has 3 unspecified atom stereocenters. The van der Waals surface area contributed by atoms with Gasteiger partial charge in [0, 0.05) is 12.6 Å². The zero-order valence-corrected chi connectivity index (χ0v) is 9.88. The molecule has 0 aromatic rings. The van der Waals surface area contributed by atoms with E-state index in [1.54, 1.807) is 7.11 Å². The Morgan fingerprint density at radius 1 is 1.57 bits per heavy atom. The molecule has 1 aliphatic rings. The normalized spacial score (nSPS) is 35.6. The second-order valence-electron chi connectivity index (χ2n) is 4.96. The Kier molecular flexibility index (Phi) is 4.39. The summed E-state index contributed by atoms with van der Waals surface area (Å²) < 4.78 is 5.21. The topological polar surface area (TPSA) is 35.2 Å². The molecule has 0 aromatic heterocycles. The lowest BCUT2D eigenvalue weighted by Gasteiger charge is -2.42. The van der Waals surface area contributed by atoms with Crippen molar-refractivity contribution in [2.75, 3.05) is 13.7 Å². The third kappa shape index (κ3) is 2.71. The third-order valence-electron chi connectivity index (χ3n) is 3.90. The van der Waals surface area contributed by atoms with Crippen molar-refractivity contribution in [3.8, 4) is 0 Å². The smallest absolute Gasteiger partial charge is 0.0505 e. The highest BCUT2D eigenvalue weighted by atomic mass is 16.5. The van der Waals surface area contributed by atoms with E-state index in [0.717, 1.165) is 12.5 Å². The average Bonchev–Trinajstić information content (AvgIpc) is 2.18. The Hall–Kier alpha value is -0.0800. The molecule has 3 atom stereocenters. The highest BCUT2D eigenvalue weighted by Crippen LogP contribution is 2.37. The summed E-state index contributed by atoms with van der Waals surface area (Å²) in [5.74, 6) is 1.33. The molecule has 2 nitrogen and oxygen atoms in total. The van der Waals surface area contributed by atoms with Crippen LogP contribution in [0.5, 0.6) is 0 Å². The predicted molar refractivity (Wildman–Crippen MR) is 60.2 cm³/mol. The zero-order chi connectivity index (χ0) is 10.6. The fourth-order valence-electron chi connectivity index (χ4n) is 2.67. The van der Waals surface area contributed by atoms with Gasteiger partial charge in [0.25, 0.3) is 0 Å². The van der Waals surface area contributed by atoms with Gasteiger partial charge in [-0.15, -0.1) is 0 Å². The van der Waals surface area contributed by atoms with Crippen LogP contribution in [-0.2, 0) is 4.74 Å². The van der Waals surface area contributed by atoms with Gasteiger partial charge in [0.15, 0.2) is 0 Å². The quantitative estimate of drug-likeness (QED) is 0.755. The summed E-state index contributed by atoms with van der Waals surface area (Å²) in [5, 5.41) is 0. The molecule has 84 valence electrons. The lowest BCUT2D eigenvalue weighted by Crippen LogP contribution is -2.51. The largest absolute Gasteiger partial charge is 0.384 e. The molecule has 1 aliphatic carbocycles. The van der Waals surface area contributed by atoms with Gasteiger partial charge in [-0.3, -0.25) is 0 Å². The van der Waals surface area contributed by atoms with Crippen LogP contribution in [0.4, 0.5) is 0 Å². The van der Waals surface area contributed by atoms with Crippen LogP contribution in [0.25, 0.3) is 0 Å². The molecule has 0 amide bonds. The van der Waals surface area contributed by atoms with Gasteiger partial charge in [-0.2, -0.15) is 0 Å². The monoisotopic (exact) mass is 199 g/mol. The predicted octanol–water partition coefficient (Wildman–Crippen LogP) is 2.57. The van der Waals surface area contributed by atoms with Gasteiger partial charge in [-0.05, 0) is 24.7 Å². The minimum absolute atomic E-state index is 0.0366. The van der Waals surface area contributed by atoms with E-state index in [4.69, 9.17) is 10.5 Å². The summed E-state index contributed by atoms with van der Waals surface area (Å²) in [6.45, 7) is 5.30. The maximum absolute atomic E-state index is 6.47. The van der Waals surface area contributed by atoms with Crippen LogP contribution in [-0.4, -0.2) is 19.3 Å². The molecule has 0 bridgehead atoms. The number of rotatable bonds is 4. The van der Waals surface area contributed by atoms with E-state index >= 15 is 0 Å². The summed E-state index contributed by atoms with van der Waals surface area (Å²) in [7, 11) is 1.76. The lowest BCUT2D eigenvalue weighted by molar-refractivity contribution is 0.0796. The van der Waals surface area contributed by atoms with Crippen LogP contribution in [0.2, 0.25) is 0 Å². The second-order valence-corrected chi connectivity index (χ2v) is 4.96. The second kappa shape index (κ2) is 5.13. The summed E-state index contributed by atoms with van der Waals surface area (Å²) in [5.41, 5.74) is 6.51. The number of hydrogen-bond acceptors (Lipinski definition) is 2. The number of nitrogens with two attached hydrogens (primary N) is 1. The van der Waals surface area contributed by atoms with Crippen molar-refractivity contribution < 1.29 is 4.74 Å². The fourth-order valence-corrected chi connectivity index (χ4v) is 2.67. The third-order valence-corrected chi connectivity index (χ3v) is 3.90. The first-order chi connectivity index (χ1) is 6.62. The van der Waals surface area contributed by atoms with Crippen molar-refractivity contribution in [1.29, 1.82) is 0 Å². The first-order valence-corrected chi connectivity index (χ1v) is 5.90. The Morgan fingerprint density at radius 3 is 2.86 bits per heavy atom. The molecule has 0 saturated heterocycles. The Bertz CT molecular complexity index is 172. The standard InChI is InChI=1S/C12H25NO/c1-4-11-6-5-7-12(13,8-11)10(2)9-14-3/h10-11H,4-9,13H2,1-3H3. The van der Waals surface area contributed by atoms with Crippen LogP contribution >= 0.6 is 0 Å². The molecule has 0 heterocycles. The van der Waals surface area contributed by atoms with Gasteiger partial charge in [-0.25, -0.2) is 0 Å². The molecular weight excluding hydrogens is 174 g/mol. The van der Waals surface area contributed by atoms with E-state index in [0.29, 0.717) is 5.92 Å². The molecule has 0 aliphatic heterocycles. The van der Waals surface area contributed by atoms with Gasteiger partial charge in [0.2, 0.25) is 0 Å². The van der Waals surface area contributed by atoms with Gasteiger partial charge in [-0.1, -0.05) is 33.1 Å². The first kappa shape index (κ1) is 12.0. The van der Waals surface area contributed by atoms with E-state index in [1.165, 1.54) is 32.1 Å². The van der Waals surface area contributed by atoms with Gasteiger partial charge >= 0.3 is 0 Å². The molecule has 0 radical (unpaired) electrons. The Labute approximate surface area is 88.2 Å². The van der Waals surface area contributed by atoms with E-state index < -0.39 is 0 Å². The maximum atomic E-state index is 6.47. The minimum atomic E-state index is 0.0366. The fraction of sp³-hybridized carbons (Fsp3) is 1.00. The summed E-state index contributed by atoms with van der Waals surface area (Å²) in [6.07, 6.45) is 6.30. The van der Waals surface area contributed by atoms with Crippen molar-refractivity contribution in [3.63, 3.8) is 0 Å². The maximum Gasteiger partial charge on any atom is 0.0505 e. The van der Waals surface area contributed by atoms with Crippen molar-refractivity contribution >= 4 is 0 Å². The first-order valence-electron chi connectivity index (χ1n) is 5.90. The summed E-state index contributed by atoms with van der Waals surface area (Å²) >= 11 is 0. The SMILES string of the molecule is CCC1CCCC(N)(C(C)COC)C1. The van der Waals surface area contributed by atoms with Crippen molar-refractivity contribution in [2.24, 2.45) is 17.6 Å². The van der Waals surface area contributed by atoms with Crippen LogP contribution < -0.4 is 5.73 Å². The zero-order valence-electron chi connectivity index (χ0n) is 9.88. The van der Waals surface area contributed by atoms with Crippen LogP contribution in [0.3, 0.4) is 0 Å². The number of hydrogen-bond donors (Lipinski definition) is 1. The molecule has 1 saturated carbocycles. The van der Waals surface area contributed by atoms with Crippen LogP contribution in [0, 0.1) is 11.8 Å². The summed E-state index contributed by atoms with van der Waals surface area (Å²) in [6, 6.07) is 0. The highest BCUT2D eigenvalue weighted by Gasteiger charge is 2.36. The average molecular weight is 199 g/mol. The van der Waals surface area contributed by atoms with Gasteiger partial charge in [0.05, 0.1) is 6.61 Å². The van der Waals surface area contributed by atoms with Gasteiger partial charge in [0.1, 0.15) is 0 Å². The van der Waals surface area contributed by atoms with Gasteiger partial charge < -0.3 is 10.5 Å². The molecule has 1 rings (SSSR count). The molecule has 2 N–H and O–H groups in total. The Balaban J connectivity index is 2.53. The lowest BCUT2D eigenvalue weighted by atomic mass is 9.69. The van der Waals surface area contributed by atoms with Crippen LogP contribution in [0.1, 0.15) is 46.0 Å². The minimum Gasteiger partial charge on any atom is -0.384 e. The molecule has 1 fully saturated rings. The highest BCUT2D eigenvalue weighted by molar-refractivity contribution is 4.94. The van der Waals surface area contributed by atoms with E-state index in [-0.39, 0.29) is 5.54 Å². The van der Waals surface area contributed by atoms with E-state index in [9.17, 15) is 0 Å². The number of methoxy groups -OCH3 is 1. The van der Waals surface area contributed by atoms with E-state index in [2.05, 4.69) is 13.8 Å². The molecule has 14 heavy (non-hydrogen) atoms. The van der Waals surface area contributed by atoms with Crippen molar-refractivity contribution in [2.45, 2.75) is 51.5 Å². The summed E-state index contributed by atoms with van der Waals surface area (Å²) in [4.78, 5) is 0.